The van der Waals surface area contributed by atoms with Crippen molar-refractivity contribution < 1.29 is 5.11 Å². The van der Waals surface area contributed by atoms with Crippen molar-refractivity contribution in [2.45, 2.75) is 39.2 Å². The summed E-state index contributed by atoms with van der Waals surface area (Å²) >= 11 is 0. The lowest BCUT2D eigenvalue weighted by Gasteiger charge is -2.19. The van der Waals surface area contributed by atoms with Crippen molar-refractivity contribution in [3.63, 3.8) is 0 Å². The quantitative estimate of drug-likeness (QED) is 0.769. The zero-order valence-corrected chi connectivity index (χ0v) is 14.7. The predicted octanol–water partition coefficient (Wildman–Crippen LogP) is 2.91. The molecule has 128 valence electrons. The summed E-state index contributed by atoms with van der Waals surface area (Å²) in [6.45, 7) is 7.31. The van der Waals surface area contributed by atoms with E-state index in [1.807, 2.05) is 44.2 Å². The zero-order valence-electron chi connectivity index (χ0n) is 14.7. The maximum Gasteiger partial charge on any atom is 0.278 e. The van der Waals surface area contributed by atoms with Crippen LogP contribution in [-0.2, 0) is 5.60 Å². The van der Waals surface area contributed by atoms with Crippen LogP contribution in [0.3, 0.4) is 0 Å². The van der Waals surface area contributed by atoms with E-state index in [0.29, 0.717) is 22.5 Å². The monoisotopic (exact) mass is 336 g/mol. The van der Waals surface area contributed by atoms with Gasteiger partial charge in [-0.15, -0.1) is 0 Å². The van der Waals surface area contributed by atoms with Crippen molar-refractivity contribution in [3.8, 4) is 17.3 Å². The second kappa shape index (κ2) is 5.87. The number of nitrogens with one attached hydrogen (secondary N) is 1. The molecule has 6 nitrogen and oxygen atoms in total. The van der Waals surface area contributed by atoms with Gasteiger partial charge >= 0.3 is 0 Å². The highest BCUT2D eigenvalue weighted by molar-refractivity contribution is 5.68. The standard InChI is InChI=1S/C19H20N4O2/c1-11(2)15-16(12-6-5-7-14(8-12)19(3,4)25)22-17-13(9-20)10-21-23(17)18(15)24/h5-8,10-11,22,25H,1-4H3. The van der Waals surface area contributed by atoms with Gasteiger partial charge in [-0.3, -0.25) is 4.79 Å². The number of aromatic amines is 1. The Morgan fingerprint density at radius 3 is 2.68 bits per heavy atom. The van der Waals surface area contributed by atoms with E-state index in [2.05, 4.69) is 10.1 Å². The Kier molecular flexibility index (Phi) is 3.97. The number of fused-ring (bicyclic) bond motifs is 1. The molecule has 2 heterocycles. The minimum atomic E-state index is -0.993. The van der Waals surface area contributed by atoms with E-state index in [4.69, 9.17) is 0 Å². The van der Waals surface area contributed by atoms with Crippen LogP contribution in [0.15, 0.2) is 35.3 Å². The van der Waals surface area contributed by atoms with Gasteiger partial charge in [0.15, 0.2) is 5.65 Å². The average molecular weight is 336 g/mol. The van der Waals surface area contributed by atoms with Crippen molar-refractivity contribution in [2.24, 2.45) is 0 Å². The highest BCUT2D eigenvalue weighted by Crippen LogP contribution is 2.29. The molecule has 0 amide bonds. The molecule has 1 aromatic carbocycles. The van der Waals surface area contributed by atoms with Gasteiger partial charge in [-0.2, -0.15) is 14.9 Å². The topological polar surface area (TPSA) is 94.2 Å². The number of rotatable bonds is 3. The van der Waals surface area contributed by atoms with Crippen LogP contribution in [0.2, 0.25) is 0 Å². The van der Waals surface area contributed by atoms with E-state index in [1.165, 1.54) is 10.7 Å². The van der Waals surface area contributed by atoms with Crippen molar-refractivity contribution in [3.05, 3.63) is 57.5 Å². The summed E-state index contributed by atoms with van der Waals surface area (Å²) in [5.74, 6) is -0.0383. The van der Waals surface area contributed by atoms with Crippen LogP contribution < -0.4 is 5.56 Å². The Morgan fingerprint density at radius 2 is 2.08 bits per heavy atom. The molecule has 25 heavy (non-hydrogen) atoms. The Bertz CT molecular complexity index is 1050. The molecule has 0 saturated carbocycles. The van der Waals surface area contributed by atoms with Gasteiger partial charge in [0.05, 0.1) is 17.5 Å². The van der Waals surface area contributed by atoms with E-state index in [9.17, 15) is 15.2 Å². The zero-order chi connectivity index (χ0) is 18.4. The first-order valence-electron chi connectivity index (χ1n) is 8.11. The van der Waals surface area contributed by atoms with E-state index in [0.717, 1.165) is 11.1 Å². The number of hydrogen-bond donors (Lipinski definition) is 2. The number of H-pyrrole nitrogens is 1. The van der Waals surface area contributed by atoms with Gasteiger partial charge in [0.25, 0.3) is 5.56 Å². The fourth-order valence-electron chi connectivity index (χ4n) is 2.93. The minimum absolute atomic E-state index is 0.0383. The number of nitriles is 1. The molecule has 0 saturated heterocycles. The Morgan fingerprint density at radius 1 is 1.36 bits per heavy atom. The van der Waals surface area contributed by atoms with Gasteiger partial charge in [-0.1, -0.05) is 32.0 Å². The van der Waals surface area contributed by atoms with Crippen molar-refractivity contribution >= 4 is 5.65 Å². The molecule has 0 radical (unpaired) electrons. The molecular formula is C19H20N4O2. The second-order valence-electron chi connectivity index (χ2n) is 6.94. The smallest absolute Gasteiger partial charge is 0.278 e. The summed E-state index contributed by atoms with van der Waals surface area (Å²) in [6.07, 6.45) is 1.38. The average Bonchev–Trinajstić information content (AvgIpc) is 2.97. The fraction of sp³-hybridized carbons (Fsp3) is 0.316. The van der Waals surface area contributed by atoms with E-state index >= 15 is 0 Å². The number of nitrogens with zero attached hydrogens (tertiary/aromatic N) is 3. The van der Waals surface area contributed by atoms with Gasteiger partial charge in [-0.25, -0.2) is 0 Å². The molecule has 0 bridgehead atoms. The van der Waals surface area contributed by atoms with Crippen LogP contribution in [0, 0.1) is 11.3 Å². The van der Waals surface area contributed by atoms with Crippen molar-refractivity contribution in [1.29, 1.82) is 5.26 Å². The first-order chi connectivity index (χ1) is 11.7. The van der Waals surface area contributed by atoms with Crippen molar-refractivity contribution in [1.82, 2.24) is 14.6 Å². The van der Waals surface area contributed by atoms with Crippen LogP contribution in [0.5, 0.6) is 0 Å². The van der Waals surface area contributed by atoms with Crippen molar-refractivity contribution in [2.75, 3.05) is 0 Å². The Labute approximate surface area is 145 Å². The maximum atomic E-state index is 12.9. The Balaban J connectivity index is 2.37. The first kappa shape index (κ1) is 16.9. The normalized spacial score (nSPS) is 11.9. The van der Waals surface area contributed by atoms with Gasteiger partial charge in [0.2, 0.25) is 0 Å². The van der Waals surface area contributed by atoms with Gasteiger partial charge in [-0.05, 0) is 37.0 Å². The lowest BCUT2D eigenvalue weighted by molar-refractivity contribution is 0.0786. The molecule has 3 aromatic rings. The molecule has 0 unspecified atom stereocenters. The molecule has 0 spiro atoms. The molecule has 6 heteroatoms. The molecular weight excluding hydrogens is 316 g/mol. The molecule has 0 aliphatic carbocycles. The first-order valence-corrected chi connectivity index (χ1v) is 8.11. The van der Waals surface area contributed by atoms with E-state index in [1.54, 1.807) is 13.8 Å². The molecule has 2 N–H and O–H groups in total. The highest BCUT2D eigenvalue weighted by atomic mass is 16.3. The molecule has 0 aliphatic heterocycles. The van der Waals surface area contributed by atoms with Crippen LogP contribution in [0.1, 0.15) is 50.3 Å². The number of aromatic nitrogens is 3. The lowest BCUT2D eigenvalue weighted by atomic mass is 9.93. The fourth-order valence-corrected chi connectivity index (χ4v) is 2.93. The number of aliphatic hydroxyl groups is 1. The summed E-state index contributed by atoms with van der Waals surface area (Å²) < 4.78 is 1.23. The summed E-state index contributed by atoms with van der Waals surface area (Å²) in [7, 11) is 0. The van der Waals surface area contributed by atoms with E-state index in [-0.39, 0.29) is 11.5 Å². The van der Waals surface area contributed by atoms with Gasteiger partial charge < -0.3 is 10.1 Å². The van der Waals surface area contributed by atoms with Gasteiger partial charge in [0, 0.05) is 5.56 Å². The number of benzene rings is 1. The molecule has 0 aliphatic rings. The predicted molar refractivity (Wildman–Crippen MR) is 95.3 cm³/mol. The van der Waals surface area contributed by atoms with Gasteiger partial charge in [0.1, 0.15) is 11.6 Å². The third kappa shape index (κ3) is 2.83. The molecule has 0 fully saturated rings. The molecule has 0 atom stereocenters. The third-order valence-corrected chi connectivity index (χ3v) is 4.26. The maximum absolute atomic E-state index is 12.9. The third-order valence-electron chi connectivity index (χ3n) is 4.26. The van der Waals surface area contributed by atoms with Crippen LogP contribution >= 0.6 is 0 Å². The van der Waals surface area contributed by atoms with Crippen LogP contribution in [0.4, 0.5) is 0 Å². The number of hydrogen-bond acceptors (Lipinski definition) is 4. The highest BCUT2D eigenvalue weighted by Gasteiger charge is 2.21. The minimum Gasteiger partial charge on any atom is -0.386 e. The summed E-state index contributed by atoms with van der Waals surface area (Å²) in [5.41, 5.74) is 2.22. The molecule has 2 aromatic heterocycles. The summed E-state index contributed by atoms with van der Waals surface area (Å²) in [6, 6.07) is 9.47. The second-order valence-corrected chi connectivity index (χ2v) is 6.94. The van der Waals surface area contributed by atoms with E-state index < -0.39 is 5.60 Å². The lowest BCUT2D eigenvalue weighted by Crippen LogP contribution is -2.22. The SMILES string of the molecule is CC(C)c1c(-c2cccc(C(C)(C)O)c2)[nH]c2c(C#N)cnn2c1=O. The van der Waals surface area contributed by atoms with Crippen LogP contribution in [0.25, 0.3) is 16.9 Å². The van der Waals surface area contributed by atoms with Crippen LogP contribution in [-0.4, -0.2) is 19.7 Å². The Hall–Kier alpha value is -2.91. The molecule has 3 rings (SSSR count). The largest absolute Gasteiger partial charge is 0.386 e. The summed E-state index contributed by atoms with van der Waals surface area (Å²) in [5, 5.41) is 23.6. The summed E-state index contributed by atoms with van der Waals surface area (Å²) in [4.78, 5) is 16.1.